The second-order valence-electron chi connectivity index (χ2n) is 5.70. The first-order valence-corrected chi connectivity index (χ1v) is 7.95. The number of hydrogen-bond acceptors (Lipinski definition) is 2. The Labute approximate surface area is 142 Å². The lowest BCUT2D eigenvalue weighted by atomic mass is 10.1. The summed E-state index contributed by atoms with van der Waals surface area (Å²) in [6, 6.07) is 14.1. The van der Waals surface area contributed by atoms with E-state index in [1.807, 2.05) is 38.1 Å². The smallest absolute Gasteiger partial charge is 0.244 e. The number of carbonyl (C=O) groups is 1. The molecule has 1 amide bonds. The van der Waals surface area contributed by atoms with E-state index >= 15 is 0 Å². The van der Waals surface area contributed by atoms with Gasteiger partial charge in [-0.3, -0.25) is 4.79 Å². The molecule has 0 unspecified atom stereocenters. The van der Waals surface area contributed by atoms with E-state index in [0.717, 1.165) is 11.1 Å². The van der Waals surface area contributed by atoms with Gasteiger partial charge in [-0.15, -0.1) is 0 Å². The van der Waals surface area contributed by atoms with E-state index in [4.69, 9.17) is 4.74 Å². The normalized spacial score (nSPS) is 11.2. The highest BCUT2D eigenvalue weighted by atomic mass is 19.1. The molecule has 2 aromatic carbocycles. The fourth-order valence-corrected chi connectivity index (χ4v) is 2.14. The average Bonchev–Trinajstić information content (AvgIpc) is 2.58. The lowest BCUT2D eigenvalue weighted by molar-refractivity contribution is -0.116. The zero-order valence-corrected chi connectivity index (χ0v) is 14.0. The molecule has 126 valence electrons. The number of benzene rings is 2. The number of amides is 1. The maximum atomic E-state index is 13.5. The van der Waals surface area contributed by atoms with Crippen LogP contribution in [0.1, 0.15) is 30.5 Å². The quantitative estimate of drug-likeness (QED) is 0.778. The highest BCUT2D eigenvalue weighted by Gasteiger charge is 2.05. The molecule has 0 radical (unpaired) electrons. The van der Waals surface area contributed by atoms with E-state index in [1.165, 1.54) is 18.2 Å². The third kappa shape index (κ3) is 5.63. The van der Waals surface area contributed by atoms with Gasteiger partial charge in [0.15, 0.2) is 0 Å². The second kappa shape index (κ2) is 8.99. The molecule has 2 aromatic rings. The van der Waals surface area contributed by atoms with Crippen molar-refractivity contribution in [1.82, 2.24) is 5.32 Å². The van der Waals surface area contributed by atoms with Crippen LogP contribution in [0.25, 0.3) is 6.08 Å². The van der Waals surface area contributed by atoms with Gasteiger partial charge in [0.2, 0.25) is 5.91 Å². The number of ether oxygens (including phenoxy) is 1. The van der Waals surface area contributed by atoms with Crippen LogP contribution in [0.5, 0.6) is 0 Å². The fourth-order valence-electron chi connectivity index (χ4n) is 2.14. The van der Waals surface area contributed by atoms with Crippen LogP contribution in [0, 0.1) is 5.82 Å². The average molecular weight is 327 g/mol. The molecule has 0 aliphatic heterocycles. The van der Waals surface area contributed by atoms with Crippen molar-refractivity contribution < 1.29 is 13.9 Å². The highest BCUT2D eigenvalue weighted by Crippen LogP contribution is 2.11. The summed E-state index contributed by atoms with van der Waals surface area (Å²) in [6.45, 7) is 4.88. The predicted octanol–water partition coefficient (Wildman–Crippen LogP) is 4.08. The van der Waals surface area contributed by atoms with Crippen molar-refractivity contribution in [2.24, 2.45) is 0 Å². The predicted molar refractivity (Wildman–Crippen MR) is 93.6 cm³/mol. The topological polar surface area (TPSA) is 38.3 Å². The maximum absolute atomic E-state index is 13.5. The monoisotopic (exact) mass is 327 g/mol. The van der Waals surface area contributed by atoms with Crippen LogP contribution in [-0.2, 0) is 22.7 Å². The van der Waals surface area contributed by atoms with Gasteiger partial charge in [-0.25, -0.2) is 4.39 Å². The van der Waals surface area contributed by atoms with Crippen LogP contribution in [-0.4, -0.2) is 12.0 Å². The van der Waals surface area contributed by atoms with Gasteiger partial charge in [0, 0.05) is 18.2 Å². The Morgan fingerprint density at radius 3 is 2.50 bits per heavy atom. The zero-order valence-electron chi connectivity index (χ0n) is 14.0. The Balaban J connectivity index is 1.93. The van der Waals surface area contributed by atoms with Gasteiger partial charge in [0.25, 0.3) is 0 Å². The minimum Gasteiger partial charge on any atom is -0.374 e. The lowest BCUT2D eigenvalue weighted by Gasteiger charge is -2.12. The molecule has 0 saturated carbocycles. The lowest BCUT2D eigenvalue weighted by Crippen LogP contribution is -2.21. The first-order chi connectivity index (χ1) is 11.6. The summed E-state index contributed by atoms with van der Waals surface area (Å²) in [5.74, 6) is -0.615. The third-order valence-electron chi connectivity index (χ3n) is 3.46. The number of carbonyl (C=O) groups excluding carboxylic acids is 1. The van der Waals surface area contributed by atoms with Crippen molar-refractivity contribution in [3.63, 3.8) is 0 Å². The molecule has 0 aliphatic rings. The van der Waals surface area contributed by atoms with Gasteiger partial charge in [-0.1, -0.05) is 42.5 Å². The van der Waals surface area contributed by atoms with Crippen molar-refractivity contribution in [2.75, 3.05) is 0 Å². The standard InChI is InChI=1S/C20H22FNO2/c1-15(2)24-14-18-9-4-3-8-17(18)13-22-20(23)12-11-16-7-5-6-10-19(16)21/h3-12,15H,13-14H2,1-2H3,(H,22,23)/b12-11+. The number of halogens is 1. The first kappa shape index (κ1) is 17.9. The van der Waals surface area contributed by atoms with Crippen LogP contribution in [0.2, 0.25) is 0 Å². The minimum atomic E-state index is -0.349. The zero-order chi connectivity index (χ0) is 17.4. The molecule has 2 rings (SSSR count). The molecule has 0 atom stereocenters. The minimum absolute atomic E-state index is 0.149. The molecule has 0 saturated heterocycles. The Bertz CT molecular complexity index is 710. The molecule has 0 heterocycles. The van der Waals surface area contributed by atoms with Gasteiger partial charge in [0.1, 0.15) is 5.82 Å². The number of nitrogens with one attached hydrogen (secondary N) is 1. The Morgan fingerprint density at radius 1 is 1.12 bits per heavy atom. The van der Waals surface area contributed by atoms with Gasteiger partial charge in [0.05, 0.1) is 12.7 Å². The van der Waals surface area contributed by atoms with Crippen LogP contribution < -0.4 is 5.32 Å². The van der Waals surface area contributed by atoms with Crippen molar-refractivity contribution in [3.05, 3.63) is 77.1 Å². The van der Waals surface area contributed by atoms with Crippen LogP contribution in [0.15, 0.2) is 54.6 Å². The molecule has 1 N–H and O–H groups in total. The van der Waals surface area contributed by atoms with Crippen LogP contribution in [0.3, 0.4) is 0 Å². The summed E-state index contributed by atoms with van der Waals surface area (Å²) in [6.07, 6.45) is 2.96. The van der Waals surface area contributed by atoms with Gasteiger partial charge in [-0.05, 0) is 37.1 Å². The highest BCUT2D eigenvalue weighted by molar-refractivity contribution is 5.91. The van der Waals surface area contributed by atoms with Crippen LogP contribution >= 0.6 is 0 Å². The van der Waals surface area contributed by atoms with Gasteiger partial charge >= 0.3 is 0 Å². The third-order valence-corrected chi connectivity index (χ3v) is 3.46. The molecule has 0 aromatic heterocycles. The summed E-state index contributed by atoms with van der Waals surface area (Å²) in [5, 5.41) is 2.81. The Kier molecular flexibility index (Phi) is 6.70. The molecule has 0 bridgehead atoms. The van der Waals surface area contributed by atoms with E-state index in [9.17, 15) is 9.18 Å². The van der Waals surface area contributed by atoms with E-state index in [0.29, 0.717) is 18.7 Å². The number of rotatable bonds is 7. The summed E-state index contributed by atoms with van der Waals surface area (Å²) in [5.41, 5.74) is 2.44. The maximum Gasteiger partial charge on any atom is 0.244 e. The summed E-state index contributed by atoms with van der Waals surface area (Å²) < 4.78 is 19.1. The molecule has 24 heavy (non-hydrogen) atoms. The van der Waals surface area contributed by atoms with E-state index in [-0.39, 0.29) is 17.8 Å². The van der Waals surface area contributed by atoms with E-state index < -0.39 is 0 Å². The number of hydrogen-bond donors (Lipinski definition) is 1. The van der Waals surface area contributed by atoms with E-state index in [1.54, 1.807) is 18.2 Å². The van der Waals surface area contributed by atoms with Gasteiger partial charge in [-0.2, -0.15) is 0 Å². The van der Waals surface area contributed by atoms with Crippen molar-refractivity contribution in [1.29, 1.82) is 0 Å². The SMILES string of the molecule is CC(C)OCc1ccccc1CNC(=O)/C=C/c1ccccc1F. The molecule has 4 heteroatoms. The fraction of sp³-hybridized carbons (Fsp3) is 0.250. The second-order valence-corrected chi connectivity index (χ2v) is 5.70. The molecule has 0 fully saturated rings. The molecule has 0 aliphatic carbocycles. The van der Waals surface area contributed by atoms with Crippen LogP contribution in [0.4, 0.5) is 4.39 Å². The molecular formula is C20H22FNO2. The summed E-state index contributed by atoms with van der Waals surface area (Å²) in [7, 11) is 0. The molecule has 3 nitrogen and oxygen atoms in total. The molecule has 0 spiro atoms. The molecular weight excluding hydrogens is 305 g/mol. The van der Waals surface area contributed by atoms with Crippen molar-refractivity contribution in [3.8, 4) is 0 Å². The van der Waals surface area contributed by atoms with Gasteiger partial charge < -0.3 is 10.1 Å². The summed E-state index contributed by atoms with van der Waals surface area (Å²) >= 11 is 0. The Morgan fingerprint density at radius 2 is 1.79 bits per heavy atom. The summed E-state index contributed by atoms with van der Waals surface area (Å²) in [4.78, 5) is 11.9. The largest absolute Gasteiger partial charge is 0.374 e. The first-order valence-electron chi connectivity index (χ1n) is 7.95. The van der Waals surface area contributed by atoms with Crippen molar-refractivity contribution in [2.45, 2.75) is 33.1 Å². The van der Waals surface area contributed by atoms with E-state index in [2.05, 4.69) is 5.32 Å². The Hall–Kier alpha value is -2.46. The van der Waals surface area contributed by atoms with Crippen molar-refractivity contribution >= 4 is 12.0 Å².